The second-order valence-corrected chi connectivity index (χ2v) is 5.58. The van der Waals surface area contributed by atoms with Crippen molar-refractivity contribution in [3.05, 3.63) is 52.6 Å². The standard InChI is InChI=1S/C19H25NO/c1-6-20-12-16-8-7-13(2)9-18(16)17-10-14(3)19(21-5)15(4)11-17/h7-11,20H,6,12H2,1-5H3. The summed E-state index contributed by atoms with van der Waals surface area (Å²) in [7, 11) is 1.73. The number of rotatable bonds is 5. The second-order valence-electron chi connectivity index (χ2n) is 5.58. The molecule has 2 aromatic carbocycles. The molecular weight excluding hydrogens is 258 g/mol. The molecule has 0 atom stereocenters. The van der Waals surface area contributed by atoms with Gasteiger partial charge in [-0.3, -0.25) is 0 Å². The summed E-state index contributed by atoms with van der Waals surface area (Å²) >= 11 is 0. The number of aryl methyl sites for hydroxylation is 3. The highest BCUT2D eigenvalue weighted by atomic mass is 16.5. The van der Waals surface area contributed by atoms with Crippen LogP contribution in [0, 0.1) is 20.8 Å². The SMILES string of the molecule is CCNCc1ccc(C)cc1-c1cc(C)c(OC)c(C)c1. The minimum absolute atomic E-state index is 0.899. The molecule has 0 heterocycles. The number of benzene rings is 2. The first-order chi connectivity index (χ1) is 10.1. The van der Waals surface area contributed by atoms with Crippen molar-refractivity contribution in [2.45, 2.75) is 34.2 Å². The largest absolute Gasteiger partial charge is 0.496 e. The third kappa shape index (κ3) is 3.45. The molecule has 2 nitrogen and oxygen atoms in total. The van der Waals surface area contributed by atoms with E-state index in [-0.39, 0.29) is 0 Å². The van der Waals surface area contributed by atoms with E-state index < -0.39 is 0 Å². The lowest BCUT2D eigenvalue weighted by Gasteiger charge is -2.15. The van der Waals surface area contributed by atoms with Gasteiger partial charge in [0.2, 0.25) is 0 Å². The highest BCUT2D eigenvalue weighted by Crippen LogP contribution is 2.32. The molecule has 0 spiro atoms. The van der Waals surface area contributed by atoms with Crippen molar-refractivity contribution in [2.24, 2.45) is 0 Å². The molecule has 112 valence electrons. The van der Waals surface area contributed by atoms with Crippen LogP contribution in [0.2, 0.25) is 0 Å². The molecule has 2 aromatic rings. The molecule has 0 saturated carbocycles. The maximum absolute atomic E-state index is 5.47. The Morgan fingerprint density at radius 3 is 2.24 bits per heavy atom. The van der Waals surface area contributed by atoms with Gasteiger partial charge in [0.05, 0.1) is 7.11 Å². The van der Waals surface area contributed by atoms with Crippen molar-refractivity contribution < 1.29 is 4.74 Å². The summed E-state index contributed by atoms with van der Waals surface area (Å²) in [5, 5.41) is 3.42. The van der Waals surface area contributed by atoms with Crippen LogP contribution in [0.25, 0.3) is 11.1 Å². The maximum atomic E-state index is 5.47. The van der Waals surface area contributed by atoms with Crippen molar-refractivity contribution in [3.63, 3.8) is 0 Å². The van der Waals surface area contributed by atoms with E-state index >= 15 is 0 Å². The van der Waals surface area contributed by atoms with Crippen molar-refractivity contribution in [2.75, 3.05) is 13.7 Å². The normalized spacial score (nSPS) is 10.7. The van der Waals surface area contributed by atoms with Gasteiger partial charge in [-0.25, -0.2) is 0 Å². The van der Waals surface area contributed by atoms with Crippen LogP contribution >= 0.6 is 0 Å². The molecule has 0 saturated heterocycles. The Balaban J connectivity index is 2.52. The highest BCUT2D eigenvalue weighted by Gasteiger charge is 2.10. The monoisotopic (exact) mass is 283 g/mol. The Bertz CT molecular complexity index is 608. The Kier molecular flexibility index (Phi) is 5.03. The molecule has 0 bridgehead atoms. The Morgan fingerprint density at radius 1 is 1.00 bits per heavy atom. The average molecular weight is 283 g/mol. The van der Waals surface area contributed by atoms with E-state index in [0.29, 0.717) is 0 Å². The van der Waals surface area contributed by atoms with Crippen LogP contribution in [0.1, 0.15) is 29.2 Å². The summed E-state index contributed by atoms with van der Waals surface area (Å²) in [4.78, 5) is 0. The first-order valence-corrected chi connectivity index (χ1v) is 7.52. The smallest absolute Gasteiger partial charge is 0.124 e. The van der Waals surface area contributed by atoms with Crippen molar-refractivity contribution in [3.8, 4) is 16.9 Å². The molecule has 0 aliphatic heterocycles. The number of methoxy groups -OCH3 is 1. The van der Waals surface area contributed by atoms with Crippen LogP contribution in [-0.2, 0) is 6.54 Å². The zero-order chi connectivity index (χ0) is 15.4. The molecule has 0 aliphatic rings. The molecule has 21 heavy (non-hydrogen) atoms. The van der Waals surface area contributed by atoms with E-state index in [1.165, 1.54) is 33.4 Å². The van der Waals surface area contributed by atoms with Gasteiger partial charge in [-0.2, -0.15) is 0 Å². The first-order valence-electron chi connectivity index (χ1n) is 7.52. The molecule has 0 fully saturated rings. The lowest BCUT2D eigenvalue weighted by atomic mass is 9.94. The number of hydrogen-bond acceptors (Lipinski definition) is 2. The quantitative estimate of drug-likeness (QED) is 0.878. The van der Waals surface area contributed by atoms with Crippen LogP contribution < -0.4 is 10.1 Å². The van der Waals surface area contributed by atoms with E-state index in [1.807, 2.05) is 0 Å². The van der Waals surface area contributed by atoms with Gasteiger partial charge in [0.1, 0.15) is 5.75 Å². The summed E-state index contributed by atoms with van der Waals surface area (Å²) in [5.74, 6) is 0.986. The van der Waals surface area contributed by atoms with E-state index in [0.717, 1.165) is 18.8 Å². The van der Waals surface area contributed by atoms with Crippen molar-refractivity contribution in [1.29, 1.82) is 0 Å². The summed E-state index contributed by atoms with van der Waals surface area (Å²) in [6.07, 6.45) is 0. The summed E-state index contributed by atoms with van der Waals surface area (Å²) in [6, 6.07) is 11.1. The minimum Gasteiger partial charge on any atom is -0.496 e. The summed E-state index contributed by atoms with van der Waals surface area (Å²) in [6.45, 7) is 10.4. The van der Waals surface area contributed by atoms with Crippen LogP contribution in [0.4, 0.5) is 0 Å². The number of ether oxygens (including phenoxy) is 1. The van der Waals surface area contributed by atoms with E-state index in [4.69, 9.17) is 4.74 Å². The third-order valence-electron chi connectivity index (χ3n) is 3.81. The Morgan fingerprint density at radius 2 is 1.67 bits per heavy atom. The molecule has 2 heteroatoms. The molecule has 0 aliphatic carbocycles. The third-order valence-corrected chi connectivity index (χ3v) is 3.81. The van der Waals surface area contributed by atoms with Crippen molar-refractivity contribution in [1.82, 2.24) is 5.32 Å². The molecule has 2 rings (SSSR count). The van der Waals surface area contributed by atoms with Gasteiger partial charge >= 0.3 is 0 Å². The molecular formula is C19H25NO. The van der Waals surface area contributed by atoms with Gasteiger partial charge in [0.15, 0.2) is 0 Å². The second kappa shape index (κ2) is 6.77. The van der Waals surface area contributed by atoms with Crippen molar-refractivity contribution >= 4 is 0 Å². The van der Waals surface area contributed by atoms with Gasteiger partial charge in [0, 0.05) is 6.54 Å². The zero-order valence-electron chi connectivity index (χ0n) is 13.7. The van der Waals surface area contributed by atoms with Gasteiger partial charge < -0.3 is 10.1 Å². The van der Waals surface area contributed by atoms with Gasteiger partial charge in [-0.1, -0.05) is 30.7 Å². The first kappa shape index (κ1) is 15.6. The van der Waals surface area contributed by atoms with Crippen LogP contribution in [0.5, 0.6) is 5.75 Å². The van der Waals surface area contributed by atoms with E-state index in [1.54, 1.807) is 7.11 Å². The summed E-state index contributed by atoms with van der Waals surface area (Å²) in [5.41, 5.74) is 7.57. The predicted octanol–water partition coefficient (Wildman–Crippen LogP) is 4.40. The van der Waals surface area contributed by atoms with Crippen LogP contribution in [0.15, 0.2) is 30.3 Å². The predicted molar refractivity (Wildman–Crippen MR) is 90.0 cm³/mol. The Labute approximate surface area is 128 Å². The fourth-order valence-corrected chi connectivity index (χ4v) is 2.80. The molecule has 0 radical (unpaired) electrons. The van der Waals surface area contributed by atoms with Crippen LogP contribution in [-0.4, -0.2) is 13.7 Å². The fourth-order valence-electron chi connectivity index (χ4n) is 2.80. The lowest BCUT2D eigenvalue weighted by Crippen LogP contribution is -2.12. The molecule has 0 aromatic heterocycles. The molecule has 0 amide bonds. The zero-order valence-corrected chi connectivity index (χ0v) is 13.7. The van der Waals surface area contributed by atoms with E-state index in [9.17, 15) is 0 Å². The topological polar surface area (TPSA) is 21.3 Å². The van der Waals surface area contributed by atoms with Gasteiger partial charge in [0.25, 0.3) is 0 Å². The average Bonchev–Trinajstić information content (AvgIpc) is 2.45. The maximum Gasteiger partial charge on any atom is 0.124 e. The van der Waals surface area contributed by atoms with Crippen LogP contribution in [0.3, 0.4) is 0 Å². The summed E-state index contributed by atoms with van der Waals surface area (Å²) < 4.78 is 5.47. The number of hydrogen-bond donors (Lipinski definition) is 1. The molecule has 1 N–H and O–H groups in total. The fraction of sp³-hybridized carbons (Fsp3) is 0.368. The Hall–Kier alpha value is -1.80. The lowest BCUT2D eigenvalue weighted by molar-refractivity contribution is 0.408. The van der Waals surface area contributed by atoms with Gasteiger partial charge in [-0.15, -0.1) is 0 Å². The van der Waals surface area contributed by atoms with E-state index in [2.05, 4.69) is 63.3 Å². The minimum atomic E-state index is 0.899. The van der Waals surface area contributed by atoms with Gasteiger partial charge in [-0.05, 0) is 67.3 Å². The number of nitrogens with one attached hydrogen (secondary N) is 1. The molecule has 0 unspecified atom stereocenters. The highest BCUT2D eigenvalue weighted by molar-refractivity contribution is 5.71.